The molecule has 4 rings (SSSR count). The average molecular weight is 457 g/mol. The van der Waals surface area contributed by atoms with Gasteiger partial charge in [-0.15, -0.1) is 11.8 Å². The van der Waals surface area contributed by atoms with Crippen LogP contribution in [0.5, 0.6) is 5.75 Å². The number of hydrogen-bond donors (Lipinski definition) is 0. The Kier molecular flexibility index (Phi) is 6.80. The molecule has 0 bridgehead atoms. The van der Waals surface area contributed by atoms with Gasteiger partial charge < -0.3 is 9.47 Å². The first-order chi connectivity index (χ1) is 16.0. The lowest BCUT2D eigenvalue weighted by atomic mass is 9.90. The van der Waals surface area contributed by atoms with Gasteiger partial charge in [0.15, 0.2) is 0 Å². The molecular formula is C28H24O4S. The molecular weight excluding hydrogens is 432 g/mol. The molecule has 0 heterocycles. The average Bonchev–Trinajstić information content (AvgIpc) is 2.84. The van der Waals surface area contributed by atoms with Crippen LogP contribution in [0.3, 0.4) is 0 Å². The fraction of sp³-hybridized carbons (Fsp3) is 0.143. The molecule has 0 radical (unpaired) electrons. The summed E-state index contributed by atoms with van der Waals surface area (Å²) in [4.78, 5) is 26.0. The maximum Gasteiger partial charge on any atom is 0.338 e. The monoisotopic (exact) mass is 456 g/mol. The summed E-state index contributed by atoms with van der Waals surface area (Å²) in [6.45, 7) is 3.37. The second-order valence-corrected chi connectivity index (χ2v) is 8.29. The van der Waals surface area contributed by atoms with Gasteiger partial charge in [0.25, 0.3) is 0 Å². The molecule has 0 atom stereocenters. The SMILES string of the molecule is CCOC(=O)c1cc(OC(C)=O)c2cc(-c3ccccc3)c(SC)cc2c1-c1ccccc1. The van der Waals surface area contributed by atoms with Crippen LogP contribution in [-0.4, -0.2) is 24.8 Å². The normalized spacial score (nSPS) is 10.8. The largest absolute Gasteiger partial charge is 0.462 e. The zero-order valence-electron chi connectivity index (χ0n) is 18.8. The number of thioether (sulfide) groups is 1. The Hall–Kier alpha value is -3.57. The molecule has 0 spiro atoms. The second kappa shape index (κ2) is 9.92. The van der Waals surface area contributed by atoms with Crippen molar-refractivity contribution in [2.75, 3.05) is 12.9 Å². The Morgan fingerprint density at radius 2 is 1.48 bits per heavy atom. The number of esters is 2. The van der Waals surface area contributed by atoms with Crippen molar-refractivity contribution in [3.8, 4) is 28.0 Å². The lowest BCUT2D eigenvalue weighted by Gasteiger charge is -2.18. The molecule has 0 saturated carbocycles. The van der Waals surface area contributed by atoms with Crippen LogP contribution < -0.4 is 4.74 Å². The molecule has 5 heteroatoms. The molecule has 0 aliphatic carbocycles. The van der Waals surface area contributed by atoms with E-state index in [1.807, 2.05) is 60.9 Å². The van der Waals surface area contributed by atoms with E-state index in [1.165, 1.54) is 6.92 Å². The van der Waals surface area contributed by atoms with Crippen molar-refractivity contribution in [3.63, 3.8) is 0 Å². The number of rotatable bonds is 6. The molecule has 33 heavy (non-hydrogen) atoms. The molecule has 0 aromatic heterocycles. The Labute approximate surface area is 197 Å². The van der Waals surface area contributed by atoms with Crippen molar-refractivity contribution >= 4 is 34.5 Å². The van der Waals surface area contributed by atoms with E-state index < -0.39 is 11.9 Å². The third kappa shape index (κ3) is 4.64. The zero-order chi connectivity index (χ0) is 23.4. The smallest absolute Gasteiger partial charge is 0.338 e. The van der Waals surface area contributed by atoms with Crippen molar-refractivity contribution in [3.05, 3.63) is 84.4 Å². The fourth-order valence-electron chi connectivity index (χ4n) is 3.95. The second-order valence-electron chi connectivity index (χ2n) is 7.44. The highest BCUT2D eigenvalue weighted by Crippen LogP contribution is 2.43. The third-order valence-electron chi connectivity index (χ3n) is 5.32. The first-order valence-corrected chi connectivity index (χ1v) is 11.9. The van der Waals surface area contributed by atoms with Crippen LogP contribution in [0.25, 0.3) is 33.0 Å². The summed E-state index contributed by atoms with van der Waals surface area (Å²) in [5.74, 6) is -0.566. The van der Waals surface area contributed by atoms with E-state index in [1.54, 1.807) is 24.8 Å². The topological polar surface area (TPSA) is 52.6 Å². The van der Waals surface area contributed by atoms with Gasteiger partial charge in [0.1, 0.15) is 5.75 Å². The summed E-state index contributed by atoms with van der Waals surface area (Å²) in [5, 5.41) is 1.58. The summed E-state index contributed by atoms with van der Waals surface area (Å²) < 4.78 is 11.0. The number of carbonyl (C=O) groups is 2. The molecule has 4 aromatic rings. The van der Waals surface area contributed by atoms with E-state index in [0.717, 1.165) is 37.9 Å². The van der Waals surface area contributed by atoms with E-state index in [9.17, 15) is 9.59 Å². The van der Waals surface area contributed by atoms with Crippen LogP contribution in [0.1, 0.15) is 24.2 Å². The van der Waals surface area contributed by atoms with Crippen molar-refractivity contribution in [1.29, 1.82) is 0 Å². The van der Waals surface area contributed by atoms with Gasteiger partial charge >= 0.3 is 11.9 Å². The predicted octanol–water partition coefficient (Wildman–Crippen LogP) is 7.00. The van der Waals surface area contributed by atoms with Gasteiger partial charge in [0.05, 0.1) is 12.2 Å². The summed E-state index contributed by atoms with van der Waals surface area (Å²) in [6.07, 6.45) is 2.03. The molecule has 0 aliphatic rings. The summed E-state index contributed by atoms with van der Waals surface area (Å²) in [7, 11) is 0. The first kappa shape index (κ1) is 22.6. The molecule has 0 saturated heterocycles. The molecule has 0 unspecified atom stereocenters. The molecule has 4 nitrogen and oxygen atoms in total. The number of carbonyl (C=O) groups excluding carboxylic acids is 2. The van der Waals surface area contributed by atoms with Crippen molar-refractivity contribution in [2.24, 2.45) is 0 Å². The molecule has 0 amide bonds. The van der Waals surface area contributed by atoms with Gasteiger partial charge in [-0.1, -0.05) is 60.7 Å². The van der Waals surface area contributed by atoms with Crippen molar-refractivity contribution < 1.29 is 19.1 Å². The minimum atomic E-state index is -0.454. The lowest BCUT2D eigenvalue weighted by molar-refractivity contribution is -0.131. The fourth-order valence-corrected chi connectivity index (χ4v) is 4.59. The van der Waals surface area contributed by atoms with Crippen LogP contribution in [0, 0.1) is 0 Å². The Bertz CT molecular complexity index is 1310. The number of ether oxygens (including phenoxy) is 2. The zero-order valence-corrected chi connectivity index (χ0v) is 19.6. The maximum atomic E-state index is 13.0. The van der Waals surface area contributed by atoms with E-state index in [2.05, 4.69) is 18.2 Å². The maximum absolute atomic E-state index is 13.0. The highest BCUT2D eigenvalue weighted by molar-refractivity contribution is 7.98. The van der Waals surface area contributed by atoms with Gasteiger partial charge in [-0.05, 0) is 53.5 Å². The Morgan fingerprint density at radius 3 is 2.06 bits per heavy atom. The molecule has 4 aromatic carbocycles. The number of hydrogen-bond acceptors (Lipinski definition) is 5. The van der Waals surface area contributed by atoms with Crippen LogP contribution in [0.15, 0.2) is 83.8 Å². The van der Waals surface area contributed by atoms with Crippen LogP contribution in [0.2, 0.25) is 0 Å². The molecule has 166 valence electrons. The van der Waals surface area contributed by atoms with Gasteiger partial charge in [-0.3, -0.25) is 4.79 Å². The number of benzene rings is 4. The van der Waals surface area contributed by atoms with Gasteiger partial charge in [-0.2, -0.15) is 0 Å². The van der Waals surface area contributed by atoms with Crippen molar-refractivity contribution in [2.45, 2.75) is 18.7 Å². The highest BCUT2D eigenvalue weighted by Gasteiger charge is 2.23. The van der Waals surface area contributed by atoms with Gasteiger partial charge in [0.2, 0.25) is 0 Å². The minimum Gasteiger partial charge on any atom is -0.462 e. The third-order valence-corrected chi connectivity index (χ3v) is 6.09. The Morgan fingerprint density at radius 1 is 0.848 bits per heavy atom. The van der Waals surface area contributed by atoms with E-state index in [0.29, 0.717) is 11.3 Å². The highest BCUT2D eigenvalue weighted by atomic mass is 32.2. The number of fused-ring (bicyclic) bond motifs is 1. The standard InChI is InChI=1S/C28H24O4S/c1-4-31-28(30)24-16-25(32-18(2)29)22-15-21(19-11-7-5-8-12-19)26(33-3)17-23(22)27(24)20-13-9-6-10-14-20/h5-17H,4H2,1-3H3. The quantitative estimate of drug-likeness (QED) is 0.178. The predicted molar refractivity (Wildman–Crippen MR) is 134 cm³/mol. The summed E-state index contributed by atoms with van der Waals surface area (Å²) in [6, 6.07) is 25.5. The van der Waals surface area contributed by atoms with E-state index in [-0.39, 0.29) is 6.61 Å². The van der Waals surface area contributed by atoms with Gasteiger partial charge in [-0.25, -0.2) is 4.79 Å². The Balaban J connectivity index is 2.13. The molecule has 0 fully saturated rings. The van der Waals surface area contributed by atoms with Gasteiger partial charge in [0, 0.05) is 22.8 Å². The van der Waals surface area contributed by atoms with E-state index in [4.69, 9.17) is 9.47 Å². The van der Waals surface area contributed by atoms with Crippen LogP contribution in [0.4, 0.5) is 0 Å². The van der Waals surface area contributed by atoms with Crippen LogP contribution in [-0.2, 0) is 9.53 Å². The van der Waals surface area contributed by atoms with Crippen molar-refractivity contribution in [1.82, 2.24) is 0 Å². The lowest BCUT2D eigenvalue weighted by Crippen LogP contribution is -2.09. The summed E-state index contributed by atoms with van der Waals surface area (Å²) in [5.41, 5.74) is 4.11. The first-order valence-electron chi connectivity index (χ1n) is 10.7. The summed E-state index contributed by atoms with van der Waals surface area (Å²) >= 11 is 1.63. The van der Waals surface area contributed by atoms with E-state index >= 15 is 0 Å². The van der Waals surface area contributed by atoms with Crippen LogP contribution >= 0.6 is 11.8 Å². The minimum absolute atomic E-state index is 0.247. The molecule has 0 aliphatic heterocycles. The molecule has 0 N–H and O–H groups in total.